The molecule has 0 aliphatic carbocycles. The van der Waals surface area contributed by atoms with Crippen LogP contribution in [0.4, 0.5) is 0 Å². The van der Waals surface area contributed by atoms with E-state index in [1.54, 1.807) is 0 Å². The van der Waals surface area contributed by atoms with Crippen LogP contribution in [0.1, 0.15) is 32.6 Å². The number of hydrogen-bond donors (Lipinski definition) is 0. The predicted octanol–water partition coefficient (Wildman–Crippen LogP) is 0.658. The first-order valence-electron chi connectivity index (χ1n) is 3.38. The fourth-order valence-electron chi connectivity index (χ4n) is 0.621. The van der Waals surface area contributed by atoms with Crippen LogP contribution in [-0.4, -0.2) is 14.0 Å². The van der Waals surface area contributed by atoms with E-state index in [1.807, 2.05) is 0 Å². The average Bonchev–Trinajstić information content (AvgIpc) is 1.89. The monoisotopic (exact) mass is 128 g/mol. The summed E-state index contributed by atoms with van der Waals surface area (Å²) in [5, 5.41) is 0. The van der Waals surface area contributed by atoms with Crippen molar-refractivity contribution in [2.45, 2.75) is 32.6 Å². The molecule has 0 aromatic heterocycles. The largest absolute Gasteiger partial charge is 0.543 e. The molecule has 0 amide bonds. The molecule has 0 bridgehead atoms. The van der Waals surface area contributed by atoms with Gasteiger partial charge in [0, 0.05) is 6.42 Å². The molecular weight excluding hydrogens is 115 g/mol. The maximum atomic E-state index is 10.5. The normalized spacial score (nSPS) is 9.00. The smallest absolute Gasteiger partial charge is 0.325 e. The first kappa shape index (κ1) is 8.53. The predicted molar refractivity (Wildman–Crippen MR) is 38.8 cm³/mol. The molecule has 0 aliphatic rings. The number of rotatable bonds is 4. The van der Waals surface area contributed by atoms with Crippen molar-refractivity contribution < 1.29 is 9.45 Å². The van der Waals surface area contributed by atoms with E-state index in [2.05, 4.69) is 11.6 Å². The lowest BCUT2D eigenvalue weighted by molar-refractivity contribution is -0.134. The van der Waals surface area contributed by atoms with Gasteiger partial charge in [0.05, 0.1) is 0 Å². The topological polar surface area (TPSA) is 26.3 Å². The average molecular weight is 128 g/mol. The van der Waals surface area contributed by atoms with Crippen LogP contribution in [0.3, 0.4) is 0 Å². The molecule has 0 fully saturated rings. The zero-order chi connectivity index (χ0) is 7.11. The van der Waals surface area contributed by atoms with E-state index in [4.69, 9.17) is 0 Å². The van der Waals surface area contributed by atoms with Crippen molar-refractivity contribution in [2.24, 2.45) is 0 Å². The molecule has 0 aliphatic heterocycles. The lowest BCUT2D eigenvalue weighted by Crippen LogP contribution is -1.99. The SMILES string of the molecule is BOC(=O)CCCCC. The van der Waals surface area contributed by atoms with Gasteiger partial charge in [-0.05, 0) is 6.42 Å². The number of carbonyl (C=O) groups is 1. The number of unbranched alkanes of at least 4 members (excludes halogenated alkanes) is 2. The molecule has 0 rings (SSSR count). The molecule has 0 aromatic carbocycles. The Morgan fingerprint density at radius 1 is 1.56 bits per heavy atom. The van der Waals surface area contributed by atoms with Gasteiger partial charge in [0.2, 0.25) is 0 Å². The van der Waals surface area contributed by atoms with E-state index in [1.165, 1.54) is 8.05 Å². The lowest BCUT2D eigenvalue weighted by Gasteiger charge is -1.96. The van der Waals surface area contributed by atoms with Gasteiger partial charge in [-0.2, -0.15) is 0 Å². The van der Waals surface area contributed by atoms with Crippen LogP contribution in [0.25, 0.3) is 0 Å². The highest BCUT2D eigenvalue weighted by molar-refractivity contribution is 6.05. The fraction of sp³-hybridized carbons (Fsp3) is 0.833. The third-order valence-electron chi connectivity index (χ3n) is 1.21. The van der Waals surface area contributed by atoms with E-state index in [0.717, 1.165) is 19.3 Å². The Morgan fingerprint density at radius 3 is 2.67 bits per heavy atom. The lowest BCUT2D eigenvalue weighted by atomic mass is 10.2. The molecule has 9 heavy (non-hydrogen) atoms. The molecule has 3 heteroatoms. The van der Waals surface area contributed by atoms with Crippen LogP contribution in [0, 0.1) is 0 Å². The molecule has 0 radical (unpaired) electrons. The summed E-state index contributed by atoms with van der Waals surface area (Å²) in [5.74, 6) is -0.0940. The Kier molecular flexibility index (Phi) is 5.37. The minimum Gasteiger partial charge on any atom is -0.543 e. The van der Waals surface area contributed by atoms with Gasteiger partial charge in [0.15, 0.2) is 0 Å². The van der Waals surface area contributed by atoms with Crippen molar-refractivity contribution in [1.82, 2.24) is 0 Å². The molecule has 0 saturated carbocycles. The van der Waals surface area contributed by atoms with Gasteiger partial charge in [-0.1, -0.05) is 19.8 Å². The van der Waals surface area contributed by atoms with Crippen molar-refractivity contribution in [3.8, 4) is 0 Å². The van der Waals surface area contributed by atoms with Crippen molar-refractivity contribution in [3.63, 3.8) is 0 Å². The highest BCUT2D eigenvalue weighted by Crippen LogP contribution is 1.98. The molecule has 2 nitrogen and oxygen atoms in total. The van der Waals surface area contributed by atoms with Gasteiger partial charge in [0.1, 0.15) is 0 Å². The second kappa shape index (κ2) is 5.67. The van der Waals surface area contributed by atoms with Gasteiger partial charge in [-0.25, -0.2) is 0 Å². The van der Waals surface area contributed by atoms with Gasteiger partial charge in [0.25, 0.3) is 5.97 Å². The number of hydrogen-bond acceptors (Lipinski definition) is 2. The molecule has 52 valence electrons. The third-order valence-corrected chi connectivity index (χ3v) is 1.21. The Hall–Kier alpha value is -0.465. The second-order valence-corrected chi connectivity index (χ2v) is 2.03. The highest BCUT2D eigenvalue weighted by Gasteiger charge is 1.95. The van der Waals surface area contributed by atoms with Crippen LogP contribution in [0.2, 0.25) is 0 Å². The summed E-state index contributed by atoms with van der Waals surface area (Å²) < 4.78 is 4.46. The van der Waals surface area contributed by atoms with E-state index < -0.39 is 0 Å². The maximum absolute atomic E-state index is 10.5. The number of carbonyl (C=O) groups excluding carboxylic acids is 1. The van der Waals surface area contributed by atoms with Crippen LogP contribution >= 0.6 is 0 Å². The van der Waals surface area contributed by atoms with E-state index in [9.17, 15) is 4.79 Å². The first-order valence-corrected chi connectivity index (χ1v) is 3.38. The molecular formula is C6H13BO2. The highest BCUT2D eigenvalue weighted by atomic mass is 16.5. The third kappa shape index (κ3) is 5.41. The van der Waals surface area contributed by atoms with Gasteiger partial charge in [-0.3, -0.25) is 4.79 Å². The van der Waals surface area contributed by atoms with Crippen LogP contribution < -0.4 is 0 Å². The van der Waals surface area contributed by atoms with Gasteiger partial charge in [-0.15, -0.1) is 0 Å². The Balaban J connectivity index is 2.97. The Bertz CT molecular complexity index is 83.1. The maximum Gasteiger partial charge on any atom is 0.325 e. The molecule has 0 spiro atoms. The van der Waals surface area contributed by atoms with E-state index >= 15 is 0 Å². The minimum absolute atomic E-state index is 0.0940. The zero-order valence-electron chi connectivity index (χ0n) is 6.14. The van der Waals surface area contributed by atoms with Crippen LogP contribution in [-0.2, 0) is 9.45 Å². The fourth-order valence-corrected chi connectivity index (χ4v) is 0.621. The molecule has 0 heterocycles. The summed E-state index contributed by atoms with van der Waals surface area (Å²) in [6.45, 7) is 2.11. The quantitative estimate of drug-likeness (QED) is 0.410. The van der Waals surface area contributed by atoms with Crippen molar-refractivity contribution >= 4 is 14.0 Å². The molecule has 0 atom stereocenters. The second-order valence-electron chi connectivity index (χ2n) is 2.03. The summed E-state index contributed by atoms with van der Waals surface area (Å²) in [6.07, 6.45) is 3.81. The molecule has 0 unspecified atom stereocenters. The summed E-state index contributed by atoms with van der Waals surface area (Å²) in [4.78, 5) is 10.5. The van der Waals surface area contributed by atoms with Gasteiger partial charge >= 0.3 is 8.05 Å². The standard InChI is InChI=1S/C6H13BO2/c1-2-3-4-5-6(8)9-7/h2-5,7H2,1H3. The van der Waals surface area contributed by atoms with E-state index in [-0.39, 0.29) is 5.97 Å². The van der Waals surface area contributed by atoms with Crippen molar-refractivity contribution in [2.75, 3.05) is 0 Å². The van der Waals surface area contributed by atoms with Crippen molar-refractivity contribution in [3.05, 3.63) is 0 Å². The van der Waals surface area contributed by atoms with Crippen LogP contribution in [0.5, 0.6) is 0 Å². The Morgan fingerprint density at radius 2 is 2.22 bits per heavy atom. The van der Waals surface area contributed by atoms with E-state index in [0.29, 0.717) is 6.42 Å². The van der Waals surface area contributed by atoms with Crippen LogP contribution in [0.15, 0.2) is 0 Å². The van der Waals surface area contributed by atoms with Crippen molar-refractivity contribution in [1.29, 1.82) is 0 Å². The zero-order valence-corrected chi connectivity index (χ0v) is 6.14. The summed E-state index contributed by atoms with van der Waals surface area (Å²) in [5.41, 5.74) is 0. The first-order chi connectivity index (χ1) is 4.31. The molecule has 0 aromatic rings. The summed E-state index contributed by atoms with van der Waals surface area (Å²) in [6, 6.07) is 0. The summed E-state index contributed by atoms with van der Waals surface area (Å²) in [7, 11) is 1.42. The summed E-state index contributed by atoms with van der Waals surface area (Å²) >= 11 is 0. The minimum atomic E-state index is -0.0940. The van der Waals surface area contributed by atoms with Gasteiger partial charge < -0.3 is 4.65 Å². The molecule has 0 saturated heterocycles. The Labute approximate surface area is 57.0 Å². The molecule has 0 N–H and O–H groups in total.